The molecule has 0 amide bonds. The summed E-state index contributed by atoms with van der Waals surface area (Å²) in [5.74, 6) is -0.00372. The summed E-state index contributed by atoms with van der Waals surface area (Å²) in [4.78, 5) is 14.1. The molecule has 0 saturated heterocycles. The van der Waals surface area contributed by atoms with E-state index in [4.69, 9.17) is 0 Å². The lowest BCUT2D eigenvalue weighted by atomic mass is 10.0. The van der Waals surface area contributed by atoms with Crippen LogP contribution in [-0.4, -0.2) is 28.3 Å². The third-order valence-electron chi connectivity index (χ3n) is 4.31. The molecule has 1 heterocycles. The molecule has 0 radical (unpaired) electrons. The highest BCUT2D eigenvalue weighted by molar-refractivity contribution is 5.87. The average molecular weight is 338 g/mol. The van der Waals surface area contributed by atoms with Crippen LogP contribution >= 0.6 is 0 Å². The molecule has 0 saturated carbocycles. The maximum absolute atomic E-state index is 11.4. The van der Waals surface area contributed by atoms with Crippen molar-refractivity contribution in [2.45, 2.75) is 19.4 Å². The van der Waals surface area contributed by atoms with E-state index in [1.54, 1.807) is 12.1 Å². The van der Waals surface area contributed by atoms with E-state index in [0.717, 1.165) is 13.0 Å². The predicted molar refractivity (Wildman–Crippen MR) is 98.9 cm³/mol. The quantitative estimate of drug-likeness (QED) is 0.520. The Hall–Kier alpha value is -2.63. The third kappa shape index (κ3) is 4.07. The number of hydrogen-bond acceptors (Lipinski definition) is 4. The van der Waals surface area contributed by atoms with E-state index < -0.39 is 6.10 Å². The molecule has 0 bridgehead atoms. The molecule has 1 atom stereocenters. The Morgan fingerprint density at radius 3 is 2.60 bits per heavy atom. The number of aromatic nitrogens is 1. The normalized spacial score (nSPS) is 12.4. The van der Waals surface area contributed by atoms with Crippen molar-refractivity contribution in [2.24, 2.45) is 0 Å². The van der Waals surface area contributed by atoms with Crippen molar-refractivity contribution in [2.75, 3.05) is 13.1 Å². The fourth-order valence-electron chi connectivity index (χ4n) is 2.89. The van der Waals surface area contributed by atoms with Crippen LogP contribution in [-0.2, 0) is 6.42 Å². The molecule has 4 N–H and O–H groups in total. The van der Waals surface area contributed by atoms with Crippen LogP contribution < -0.4 is 10.9 Å². The van der Waals surface area contributed by atoms with Crippen molar-refractivity contribution in [3.05, 3.63) is 75.6 Å². The Labute approximate surface area is 146 Å². The highest BCUT2D eigenvalue weighted by Crippen LogP contribution is 2.28. The number of aliphatic hydroxyl groups excluding tert-OH is 1. The number of hydrogen-bond donors (Lipinski definition) is 4. The Kier molecular flexibility index (Phi) is 5.16. The standard InChI is InChI=1S/C20H22N2O3/c1-13-2-4-14(5-3-13)10-11-21-12-18(24)15-6-8-17(23)20-16(15)7-9-19(25)22-20/h2-9,18,21,23-24H,10-12H2,1H3,(H,22,25)/t18-/m1/s1. The zero-order chi connectivity index (χ0) is 17.8. The van der Waals surface area contributed by atoms with E-state index in [1.165, 1.54) is 23.3 Å². The number of H-pyrrole nitrogens is 1. The minimum absolute atomic E-state index is 0.00372. The molecular weight excluding hydrogens is 316 g/mol. The van der Waals surface area contributed by atoms with Crippen LogP contribution in [0.15, 0.2) is 53.3 Å². The smallest absolute Gasteiger partial charge is 0.248 e. The van der Waals surface area contributed by atoms with Gasteiger partial charge in [0.2, 0.25) is 5.56 Å². The Balaban J connectivity index is 1.64. The number of phenolic OH excluding ortho intramolecular Hbond substituents is 1. The number of pyridine rings is 1. The van der Waals surface area contributed by atoms with Crippen molar-refractivity contribution in [1.82, 2.24) is 10.3 Å². The first-order chi connectivity index (χ1) is 12.0. The van der Waals surface area contributed by atoms with Crippen LogP contribution in [0.5, 0.6) is 5.75 Å². The number of aromatic amines is 1. The van der Waals surface area contributed by atoms with E-state index >= 15 is 0 Å². The maximum Gasteiger partial charge on any atom is 0.248 e. The summed E-state index contributed by atoms with van der Waals surface area (Å²) in [6.07, 6.45) is 0.156. The van der Waals surface area contributed by atoms with Crippen molar-refractivity contribution in [1.29, 1.82) is 0 Å². The molecule has 0 unspecified atom stereocenters. The number of benzene rings is 2. The summed E-state index contributed by atoms with van der Waals surface area (Å²) in [5.41, 5.74) is 3.23. The van der Waals surface area contributed by atoms with Gasteiger partial charge in [0.15, 0.2) is 0 Å². The zero-order valence-electron chi connectivity index (χ0n) is 14.1. The molecule has 0 aliphatic heterocycles. The van der Waals surface area contributed by atoms with Gasteiger partial charge in [-0.1, -0.05) is 35.9 Å². The summed E-state index contributed by atoms with van der Waals surface area (Å²) in [5, 5.41) is 24.3. The molecule has 25 heavy (non-hydrogen) atoms. The SMILES string of the molecule is Cc1ccc(CCNC[C@@H](O)c2ccc(O)c3[nH]c(=O)ccc23)cc1. The number of phenols is 1. The molecule has 5 heteroatoms. The Morgan fingerprint density at radius 1 is 1.08 bits per heavy atom. The lowest BCUT2D eigenvalue weighted by Crippen LogP contribution is -2.24. The van der Waals surface area contributed by atoms with E-state index in [2.05, 4.69) is 41.5 Å². The Bertz CT molecular complexity index is 916. The van der Waals surface area contributed by atoms with E-state index in [9.17, 15) is 15.0 Å². The largest absolute Gasteiger partial charge is 0.506 e. The first-order valence-electron chi connectivity index (χ1n) is 8.34. The second kappa shape index (κ2) is 7.51. The number of aromatic hydroxyl groups is 1. The molecule has 0 spiro atoms. The van der Waals surface area contributed by atoms with Gasteiger partial charge in [-0.05, 0) is 43.1 Å². The van der Waals surface area contributed by atoms with Gasteiger partial charge in [-0.15, -0.1) is 0 Å². The van der Waals surface area contributed by atoms with Gasteiger partial charge >= 0.3 is 0 Å². The van der Waals surface area contributed by atoms with Crippen molar-refractivity contribution >= 4 is 10.9 Å². The minimum Gasteiger partial charge on any atom is -0.506 e. The van der Waals surface area contributed by atoms with Crippen molar-refractivity contribution in [3.8, 4) is 5.75 Å². The fraction of sp³-hybridized carbons (Fsp3) is 0.250. The molecule has 3 rings (SSSR count). The van der Waals surface area contributed by atoms with Gasteiger partial charge in [0, 0.05) is 18.0 Å². The van der Waals surface area contributed by atoms with Gasteiger partial charge in [0.25, 0.3) is 0 Å². The van der Waals surface area contributed by atoms with Crippen LogP contribution in [0.3, 0.4) is 0 Å². The first kappa shape index (κ1) is 17.2. The zero-order valence-corrected chi connectivity index (χ0v) is 14.1. The molecule has 0 fully saturated rings. The molecule has 0 aliphatic rings. The monoisotopic (exact) mass is 338 g/mol. The minimum atomic E-state index is -0.730. The fourth-order valence-corrected chi connectivity index (χ4v) is 2.89. The lowest BCUT2D eigenvalue weighted by Gasteiger charge is -2.15. The molecule has 1 aromatic heterocycles. The molecule has 5 nitrogen and oxygen atoms in total. The third-order valence-corrected chi connectivity index (χ3v) is 4.31. The average Bonchev–Trinajstić information content (AvgIpc) is 2.61. The summed E-state index contributed by atoms with van der Waals surface area (Å²) in [7, 11) is 0. The van der Waals surface area contributed by atoms with Crippen LogP contribution in [0, 0.1) is 6.92 Å². The van der Waals surface area contributed by atoms with Crippen LogP contribution in [0.25, 0.3) is 10.9 Å². The molecule has 130 valence electrons. The van der Waals surface area contributed by atoms with Gasteiger partial charge in [0.05, 0.1) is 11.6 Å². The van der Waals surface area contributed by atoms with Gasteiger partial charge in [-0.2, -0.15) is 0 Å². The van der Waals surface area contributed by atoms with Crippen molar-refractivity contribution < 1.29 is 10.2 Å². The van der Waals surface area contributed by atoms with Crippen LogP contribution in [0.2, 0.25) is 0 Å². The molecule has 2 aromatic carbocycles. The second-order valence-corrected chi connectivity index (χ2v) is 6.24. The number of nitrogens with one attached hydrogen (secondary N) is 2. The van der Waals surface area contributed by atoms with Gasteiger partial charge in [-0.3, -0.25) is 4.79 Å². The number of aryl methyl sites for hydroxylation is 1. The second-order valence-electron chi connectivity index (χ2n) is 6.24. The first-order valence-corrected chi connectivity index (χ1v) is 8.34. The van der Waals surface area contributed by atoms with Crippen LogP contribution in [0.4, 0.5) is 0 Å². The number of rotatable bonds is 6. The summed E-state index contributed by atoms with van der Waals surface area (Å²) >= 11 is 0. The number of aliphatic hydroxyl groups is 1. The maximum atomic E-state index is 11.4. The number of fused-ring (bicyclic) bond motifs is 1. The van der Waals surface area contributed by atoms with Gasteiger partial charge in [0.1, 0.15) is 5.75 Å². The molecular formula is C20H22N2O3. The van der Waals surface area contributed by atoms with Gasteiger partial charge < -0.3 is 20.5 Å². The summed E-state index contributed by atoms with van der Waals surface area (Å²) in [6, 6.07) is 14.6. The summed E-state index contributed by atoms with van der Waals surface area (Å²) in [6.45, 7) is 3.21. The van der Waals surface area contributed by atoms with Gasteiger partial charge in [-0.25, -0.2) is 0 Å². The van der Waals surface area contributed by atoms with E-state index in [0.29, 0.717) is 23.0 Å². The molecule has 0 aliphatic carbocycles. The lowest BCUT2D eigenvalue weighted by molar-refractivity contribution is 0.176. The predicted octanol–water partition coefficient (Wildman–Crippen LogP) is 2.41. The van der Waals surface area contributed by atoms with Crippen molar-refractivity contribution in [3.63, 3.8) is 0 Å². The van der Waals surface area contributed by atoms with E-state index in [-0.39, 0.29) is 11.3 Å². The highest BCUT2D eigenvalue weighted by Gasteiger charge is 2.13. The van der Waals surface area contributed by atoms with Crippen LogP contribution in [0.1, 0.15) is 22.8 Å². The summed E-state index contributed by atoms with van der Waals surface area (Å²) < 4.78 is 0. The topological polar surface area (TPSA) is 85.3 Å². The Morgan fingerprint density at radius 2 is 1.84 bits per heavy atom. The molecule has 3 aromatic rings. The van der Waals surface area contributed by atoms with E-state index in [1.807, 2.05) is 0 Å². The highest BCUT2D eigenvalue weighted by atomic mass is 16.3.